The predicted molar refractivity (Wildman–Crippen MR) is 122 cm³/mol. The van der Waals surface area contributed by atoms with Gasteiger partial charge < -0.3 is 19.5 Å². The van der Waals surface area contributed by atoms with E-state index in [1.54, 1.807) is 26.5 Å². The van der Waals surface area contributed by atoms with Gasteiger partial charge in [0.15, 0.2) is 5.82 Å². The fraction of sp³-hybridized carbons (Fsp3) is 0.217. The lowest BCUT2D eigenvalue weighted by molar-refractivity contribution is 0.103. The Morgan fingerprint density at radius 2 is 1.97 bits per heavy atom. The summed E-state index contributed by atoms with van der Waals surface area (Å²) in [5.74, 6) is 1.34. The number of nitrogens with one attached hydrogen (secondary N) is 1. The van der Waals surface area contributed by atoms with Crippen LogP contribution in [0, 0.1) is 6.92 Å². The Hall–Kier alpha value is -3.56. The third-order valence-electron chi connectivity index (χ3n) is 4.68. The van der Waals surface area contributed by atoms with Gasteiger partial charge >= 0.3 is 0 Å². The van der Waals surface area contributed by atoms with Crippen LogP contribution in [0.1, 0.15) is 26.8 Å². The number of benzene rings is 1. The van der Waals surface area contributed by atoms with Crippen molar-refractivity contribution in [2.45, 2.75) is 20.1 Å². The lowest BCUT2D eigenvalue weighted by Crippen LogP contribution is -2.11. The van der Waals surface area contributed by atoms with Crippen LogP contribution in [-0.2, 0) is 18.0 Å². The van der Waals surface area contributed by atoms with E-state index in [4.69, 9.17) is 14.2 Å². The minimum Gasteiger partial charge on any atom is -0.487 e. The van der Waals surface area contributed by atoms with Crippen LogP contribution in [0.25, 0.3) is 10.2 Å². The first kappa shape index (κ1) is 21.7. The van der Waals surface area contributed by atoms with Crippen LogP contribution in [0.4, 0.5) is 5.69 Å². The topological polar surface area (TPSA) is 95.5 Å². The third kappa shape index (κ3) is 4.68. The van der Waals surface area contributed by atoms with Gasteiger partial charge in [0.05, 0.1) is 23.1 Å². The maximum atomic E-state index is 13.0. The number of carbonyl (C=O) groups is 1. The van der Waals surface area contributed by atoms with E-state index in [1.165, 1.54) is 11.3 Å². The molecule has 0 aliphatic heterocycles. The number of hydrogen-bond acceptors (Lipinski definition) is 8. The average molecular weight is 451 g/mol. The number of pyridine rings is 1. The fourth-order valence-electron chi connectivity index (χ4n) is 3.19. The molecule has 1 N–H and O–H groups in total. The highest BCUT2D eigenvalue weighted by Gasteiger charge is 2.21. The number of fused-ring (bicyclic) bond motifs is 1. The molecule has 1 amide bonds. The van der Waals surface area contributed by atoms with Crippen LogP contribution in [-0.4, -0.2) is 35.1 Å². The quantitative estimate of drug-likeness (QED) is 0.426. The van der Waals surface area contributed by atoms with E-state index in [-0.39, 0.29) is 12.5 Å². The molecule has 1 aromatic carbocycles. The van der Waals surface area contributed by atoms with Gasteiger partial charge in [-0.05, 0) is 36.8 Å². The Morgan fingerprint density at radius 3 is 2.72 bits per heavy atom. The Kier molecular flexibility index (Phi) is 6.58. The summed E-state index contributed by atoms with van der Waals surface area (Å²) in [6.45, 7) is 2.47. The van der Waals surface area contributed by atoms with Gasteiger partial charge in [0.1, 0.15) is 23.8 Å². The van der Waals surface area contributed by atoms with Crippen molar-refractivity contribution in [1.29, 1.82) is 0 Å². The summed E-state index contributed by atoms with van der Waals surface area (Å²) in [7, 11) is 3.12. The molecule has 0 saturated carbocycles. The average Bonchev–Trinajstić information content (AvgIpc) is 3.15. The van der Waals surface area contributed by atoms with Gasteiger partial charge in [0, 0.05) is 25.1 Å². The highest BCUT2D eigenvalue weighted by atomic mass is 32.1. The first-order chi connectivity index (χ1) is 15.6. The Morgan fingerprint density at radius 1 is 1.09 bits per heavy atom. The van der Waals surface area contributed by atoms with Gasteiger partial charge in [-0.1, -0.05) is 12.1 Å². The lowest BCUT2D eigenvalue weighted by Gasteiger charge is -2.09. The van der Waals surface area contributed by atoms with Crippen molar-refractivity contribution >= 4 is 33.1 Å². The molecule has 3 aromatic heterocycles. The molecule has 0 bridgehead atoms. The van der Waals surface area contributed by atoms with Gasteiger partial charge in [-0.2, -0.15) is 4.98 Å². The van der Waals surface area contributed by atoms with Crippen molar-refractivity contribution in [3.63, 3.8) is 0 Å². The molecule has 0 saturated heterocycles. The molecular formula is C23H22N4O4S. The van der Waals surface area contributed by atoms with E-state index >= 15 is 0 Å². The van der Waals surface area contributed by atoms with Crippen molar-refractivity contribution < 1.29 is 19.0 Å². The van der Waals surface area contributed by atoms with Gasteiger partial charge in [-0.3, -0.25) is 9.78 Å². The molecular weight excluding hydrogens is 428 g/mol. The van der Waals surface area contributed by atoms with Crippen molar-refractivity contribution in [1.82, 2.24) is 15.0 Å². The van der Waals surface area contributed by atoms with Gasteiger partial charge in [0.25, 0.3) is 5.91 Å². The molecule has 3 heterocycles. The zero-order valence-electron chi connectivity index (χ0n) is 17.9. The lowest BCUT2D eigenvalue weighted by atomic mass is 10.2. The Balaban J connectivity index is 1.54. The number of ether oxygens (including phenoxy) is 3. The van der Waals surface area contributed by atoms with E-state index in [2.05, 4.69) is 20.3 Å². The molecule has 0 atom stereocenters. The first-order valence-electron chi connectivity index (χ1n) is 9.86. The van der Waals surface area contributed by atoms with Crippen molar-refractivity contribution in [2.24, 2.45) is 0 Å². The van der Waals surface area contributed by atoms with Gasteiger partial charge in [-0.15, -0.1) is 11.3 Å². The maximum absolute atomic E-state index is 13.0. The first-order valence-corrected chi connectivity index (χ1v) is 10.7. The van der Waals surface area contributed by atoms with Crippen molar-refractivity contribution in [3.05, 3.63) is 70.6 Å². The minimum atomic E-state index is -0.234. The number of anilines is 1. The molecule has 0 radical (unpaired) electrons. The smallest absolute Gasteiger partial charge is 0.266 e. The molecule has 0 aliphatic rings. The largest absolute Gasteiger partial charge is 0.487 e. The van der Waals surface area contributed by atoms with Crippen LogP contribution < -0.4 is 14.8 Å². The van der Waals surface area contributed by atoms with Crippen LogP contribution in [0.2, 0.25) is 0 Å². The molecule has 4 rings (SSSR count). The van der Waals surface area contributed by atoms with Crippen LogP contribution in [0.5, 0.6) is 11.6 Å². The number of carbonyl (C=O) groups excluding carboxylic acids is 1. The highest BCUT2D eigenvalue weighted by molar-refractivity contribution is 7.20. The van der Waals surface area contributed by atoms with Gasteiger partial charge in [-0.25, -0.2) is 4.98 Å². The summed E-state index contributed by atoms with van der Waals surface area (Å²) in [5, 5.41) is 3.67. The molecule has 0 aliphatic carbocycles. The molecule has 0 spiro atoms. The Bertz CT molecular complexity index is 1240. The van der Waals surface area contributed by atoms with E-state index in [0.717, 1.165) is 16.6 Å². The van der Waals surface area contributed by atoms with Crippen LogP contribution >= 0.6 is 11.3 Å². The van der Waals surface area contributed by atoms with Crippen molar-refractivity contribution in [3.8, 4) is 11.6 Å². The number of aryl methyl sites for hydroxylation is 1. The summed E-state index contributed by atoms with van der Waals surface area (Å²) in [5.41, 5.74) is 2.22. The van der Waals surface area contributed by atoms with E-state index in [9.17, 15) is 4.79 Å². The summed E-state index contributed by atoms with van der Waals surface area (Å²) >= 11 is 1.29. The van der Waals surface area contributed by atoms with Crippen molar-refractivity contribution in [2.75, 3.05) is 19.5 Å². The number of thiophene rings is 1. The number of nitrogens with zero attached hydrogens (tertiary/aromatic N) is 3. The minimum absolute atomic E-state index is 0.234. The summed E-state index contributed by atoms with van der Waals surface area (Å²) in [6, 6.07) is 12.9. The zero-order valence-corrected chi connectivity index (χ0v) is 18.7. The predicted octanol–water partition coefficient (Wildman–Crippen LogP) is 4.38. The second-order valence-corrected chi connectivity index (χ2v) is 7.91. The monoisotopic (exact) mass is 450 g/mol. The molecule has 9 heteroatoms. The highest BCUT2D eigenvalue weighted by Crippen LogP contribution is 2.35. The zero-order chi connectivity index (χ0) is 22.5. The van der Waals surface area contributed by atoms with Gasteiger partial charge in [0.2, 0.25) is 5.88 Å². The van der Waals surface area contributed by atoms with Crippen LogP contribution in [0.15, 0.2) is 48.7 Å². The molecule has 164 valence electrons. The van der Waals surface area contributed by atoms with E-state index in [0.29, 0.717) is 39.5 Å². The number of hydrogen-bond donors (Lipinski definition) is 1. The molecule has 32 heavy (non-hydrogen) atoms. The molecule has 0 fully saturated rings. The number of rotatable bonds is 8. The summed E-state index contributed by atoms with van der Waals surface area (Å²) < 4.78 is 16.4. The number of aromatic nitrogens is 3. The summed E-state index contributed by atoms with van der Waals surface area (Å²) in [6.07, 6.45) is 1.72. The molecule has 8 nitrogen and oxygen atoms in total. The SMILES string of the molecule is COCc1nc(OC)c2c(C)c(C(=O)Nc3cccc(OCc4ccccn4)c3)sc2n1. The number of amides is 1. The van der Waals surface area contributed by atoms with E-state index in [1.807, 2.05) is 43.3 Å². The maximum Gasteiger partial charge on any atom is 0.266 e. The second kappa shape index (κ2) is 9.71. The number of methoxy groups -OCH3 is 2. The van der Waals surface area contributed by atoms with Crippen LogP contribution in [0.3, 0.4) is 0 Å². The standard InChI is InChI=1S/C23H22N4O4S/c1-14-19-22(30-3)26-18(13-29-2)27-23(19)32-20(14)21(28)25-15-8-6-9-17(11-15)31-12-16-7-4-5-10-24-16/h4-11H,12-13H2,1-3H3,(H,25,28). The van der Waals surface area contributed by atoms with E-state index < -0.39 is 0 Å². The Labute approximate surface area is 189 Å². The fourth-order valence-corrected chi connectivity index (χ4v) is 4.28. The molecule has 0 unspecified atom stereocenters. The second-order valence-electron chi connectivity index (χ2n) is 6.91. The molecule has 4 aromatic rings. The third-order valence-corrected chi connectivity index (χ3v) is 5.87. The summed E-state index contributed by atoms with van der Waals surface area (Å²) in [4.78, 5) is 27.4. The normalized spacial score (nSPS) is 10.8.